The minimum Gasteiger partial charge on any atom is -0.328 e. The lowest BCUT2D eigenvalue weighted by atomic mass is 10.3. The zero-order valence-electron chi connectivity index (χ0n) is 8.57. The normalized spacial score (nSPS) is 17.3. The largest absolute Gasteiger partial charge is 0.328 e. The van der Waals surface area contributed by atoms with E-state index in [9.17, 15) is 4.79 Å². The molecule has 5 heteroatoms. The Morgan fingerprint density at radius 2 is 2.33 bits per heavy atom. The van der Waals surface area contributed by atoms with E-state index in [0.717, 1.165) is 30.5 Å². The molecule has 0 atom stereocenters. The highest BCUT2D eigenvalue weighted by Gasteiger charge is 2.22. The monoisotopic (exact) mass is 288 g/mol. The molecule has 2 rings (SSSR count). The Bertz CT molecular complexity index is 366. The van der Waals surface area contributed by atoms with Crippen LogP contribution >= 0.6 is 27.3 Å². The first kappa shape index (κ1) is 11.0. The van der Waals surface area contributed by atoms with Gasteiger partial charge in [0.05, 0.1) is 6.54 Å². The van der Waals surface area contributed by atoms with Gasteiger partial charge in [0, 0.05) is 34.9 Å². The summed E-state index contributed by atoms with van der Waals surface area (Å²) < 4.78 is 1.10. The summed E-state index contributed by atoms with van der Waals surface area (Å²) in [4.78, 5) is 16.7. The summed E-state index contributed by atoms with van der Waals surface area (Å²) in [6.07, 6.45) is 1.06. The van der Waals surface area contributed by atoms with Crippen molar-refractivity contribution in [3.63, 3.8) is 0 Å². The molecule has 1 saturated heterocycles. The van der Waals surface area contributed by atoms with E-state index in [1.807, 2.05) is 17.3 Å². The molecule has 0 aliphatic carbocycles. The first-order valence-electron chi connectivity index (χ1n) is 4.90. The molecular weight excluding hydrogens is 276 g/mol. The Hall–Kier alpha value is -0.550. The standard InChI is InChI=1S/C10H13BrN2OS/c1-12-3-2-4-13(10(12)14)6-9-5-8(11)7-15-9/h5,7H,2-4,6H2,1H3. The van der Waals surface area contributed by atoms with Crippen molar-refractivity contribution in [2.24, 2.45) is 0 Å². The quantitative estimate of drug-likeness (QED) is 0.821. The Kier molecular flexibility index (Phi) is 3.31. The van der Waals surface area contributed by atoms with E-state index < -0.39 is 0 Å². The van der Waals surface area contributed by atoms with Crippen LogP contribution < -0.4 is 0 Å². The molecular formula is C10H13BrN2OS. The third-order valence-electron chi connectivity index (χ3n) is 2.49. The maximum absolute atomic E-state index is 11.8. The number of carbonyl (C=O) groups is 1. The van der Waals surface area contributed by atoms with Crippen molar-refractivity contribution < 1.29 is 4.79 Å². The van der Waals surface area contributed by atoms with Crippen molar-refractivity contribution in [3.8, 4) is 0 Å². The number of thiophene rings is 1. The number of carbonyl (C=O) groups excluding carboxylic acids is 1. The van der Waals surface area contributed by atoms with Crippen molar-refractivity contribution in [1.82, 2.24) is 9.80 Å². The predicted octanol–water partition coefficient (Wildman–Crippen LogP) is 2.77. The third-order valence-corrected chi connectivity index (χ3v) is 4.17. The van der Waals surface area contributed by atoms with Gasteiger partial charge in [-0.1, -0.05) is 0 Å². The maximum atomic E-state index is 11.8. The molecule has 1 aliphatic heterocycles. The van der Waals surface area contributed by atoms with E-state index in [1.165, 1.54) is 4.88 Å². The fraction of sp³-hybridized carbons (Fsp3) is 0.500. The zero-order valence-corrected chi connectivity index (χ0v) is 11.0. The summed E-state index contributed by atoms with van der Waals surface area (Å²) in [7, 11) is 1.86. The van der Waals surface area contributed by atoms with Gasteiger partial charge in [-0.05, 0) is 28.4 Å². The highest BCUT2D eigenvalue weighted by Crippen LogP contribution is 2.22. The highest BCUT2D eigenvalue weighted by molar-refractivity contribution is 9.10. The third kappa shape index (κ3) is 2.52. The summed E-state index contributed by atoms with van der Waals surface area (Å²) >= 11 is 5.11. The Labute approximate surface area is 102 Å². The minimum absolute atomic E-state index is 0.144. The van der Waals surface area contributed by atoms with Crippen LogP contribution in [0.2, 0.25) is 0 Å². The molecule has 2 amide bonds. The van der Waals surface area contributed by atoms with Gasteiger partial charge in [0.25, 0.3) is 0 Å². The molecule has 0 aromatic carbocycles. The van der Waals surface area contributed by atoms with Gasteiger partial charge in [-0.2, -0.15) is 0 Å². The predicted molar refractivity (Wildman–Crippen MR) is 65.1 cm³/mol. The van der Waals surface area contributed by atoms with Gasteiger partial charge in [0.1, 0.15) is 0 Å². The summed E-state index contributed by atoms with van der Waals surface area (Å²) in [6, 6.07) is 2.22. The van der Waals surface area contributed by atoms with E-state index in [-0.39, 0.29) is 6.03 Å². The van der Waals surface area contributed by atoms with Gasteiger partial charge < -0.3 is 9.80 Å². The number of hydrogen-bond acceptors (Lipinski definition) is 2. The minimum atomic E-state index is 0.144. The lowest BCUT2D eigenvalue weighted by molar-refractivity contribution is 0.138. The van der Waals surface area contributed by atoms with Crippen LogP contribution in [0.3, 0.4) is 0 Å². The van der Waals surface area contributed by atoms with Crippen LogP contribution in [0.15, 0.2) is 15.9 Å². The molecule has 2 heterocycles. The van der Waals surface area contributed by atoms with Gasteiger partial charge in [-0.25, -0.2) is 4.79 Å². The second-order valence-electron chi connectivity index (χ2n) is 3.71. The van der Waals surface area contributed by atoms with Crippen LogP contribution in [0.1, 0.15) is 11.3 Å². The van der Waals surface area contributed by atoms with E-state index in [4.69, 9.17) is 0 Å². The van der Waals surface area contributed by atoms with Crippen molar-refractivity contribution in [3.05, 3.63) is 20.8 Å². The molecule has 0 N–H and O–H groups in total. The molecule has 1 aromatic rings. The van der Waals surface area contributed by atoms with Gasteiger partial charge in [0.15, 0.2) is 0 Å². The number of rotatable bonds is 2. The molecule has 1 fully saturated rings. The molecule has 0 spiro atoms. The Morgan fingerprint density at radius 3 is 3.00 bits per heavy atom. The second-order valence-corrected chi connectivity index (χ2v) is 5.62. The Morgan fingerprint density at radius 1 is 1.53 bits per heavy atom. The molecule has 82 valence electrons. The number of urea groups is 1. The van der Waals surface area contributed by atoms with Gasteiger partial charge in [-0.15, -0.1) is 11.3 Å². The van der Waals surface area contributed by atoms with Gasteiger partial charge in [-0.3, -0.25) is 0 Å². The molecule has 1 aromatic heterocycles. The van der Waals surface area contributed by atoms with E-state index in [2.05, 4.69) is 22.0 Å². The summed E-state index contributed by atoms with van der Waals surface area (Å²) in [5.74, 6) is 0. The first-order chi connectivity index (χ1) is 7.16. The van der Waals surface area contributed by atoms with Crippen LogP contribution in [-0.4, -0.2) is 36.0 Å². The SMILES string of the molecule is CN1CCCN(Cc2cc(Br)cs2)C1=O. The molecule has 15 heavy (non-hydrogen) atoms. The molecule has 0 unspecified atom stereocenters. The van der Waals surface area contributed by atoms with Crippen LogP contribution in [0.4, 0.5) is 4.79 Å². The van der Waals surface area contributed by atoms with E-state index >= 15 is 0 Å². The van der Waals surface area contributed by atoms with Crippen LogP contribution in [0, 0.1) is 0 Å². The summed E-state index contributed by atoms with van der Waals surface area (Å²) in [5, 5.41) is 2.05. The van der Waals surface area contributed by atoms with Crippen LogP contribution in [0.25, 0.3) is 0 Å². The number of amides is 2. The molecule has 0 radical (unpaired) electrons. The smallest absolute Gasteiger partial charge is 0.320 e. The van der Waals surface area contributed by atoms with Crippen molar-refractivity contribution in [2.45, 2.75) is 13.0 Å². The van der Waals surface area contributed by atoms with E-state index in [1.54, 1.807) is 16.2 Å². The lowest BCUT2D eigenvalue weighted by Gasteiger charge is -2.32. The molecule has 3 nitrogen and oxygen atoms in total. The summed E-state index contributed by atoms with van der Waals surface area (Å²) in [6.45, 7) is 2.49. The number of halogens is 1. The maximum Gasteiger partial charge on any atom is 0.320 e. The molecule has 0 bridgehead atoms. The Balaban J connectivity index is 2.02. The fourth-order valence-electron chi connectivity index (χ4n) is 1.70. The van der Waals surface area contributed by atoms with E-state index in [0.29, 0.717) is 0 Å². The van der Waals surface area contributed by atoms with Gasteiger partial charge in [0.2, 0.25) is 0 Å². The molecule has 0 saturated carbocycles. The summed E-state index contributed by atoms with van der Waals surface area (Å²) in [5.41, 5.74) is 0. The highest BCUT2D eigenvalue weighted by atomic mass is 79.9. The van der Waals surface area contributed by atoms with Crippen molar-refractivity contribution in [1.29, 1.82) is 0 Å². The topological polar surface area (TPSA) is 23.6 Å². The fourth-order valence-corrected chi connectivity index (χ4v) is 3.17. The van der Waals surface area contributed by atoms with Crippen LogP contribution in [-0.2, 0) is 6.54 Å². The van der Waals surface area contributed by atoms with Crippen LogP contribution in [0.5, 0.6) is 0 Å². The second kappa shape index (κ2) is 4.53. The van der Waals surface area contributed by atoms with Crippen molar-refractivity contribution in [2.75, 3.05) is 20.1 Å². The zero-order chi connectivity index (χ0) is 10.8. The lowest BCUT2D eigenvalue weighted by Crippen LogP contribution is -2.46. The number of nitrogens with zero attached hydrogens (tertiary/aromatic N) is 2. The number of hydrogen-bond donors (Lipinski definition) is 0. The first-order valence-corrected chi connectivity index (χ1v) is 6.57. The average molecular weight is 289 g/mol. The molecule has 1 aliphatic rings. The van der Waals surface area contributed by atoms with Crippen molar-refractivity contribution >= 4 is 33.3 Å². The average Bonchev–Trinajstić information content (AvgIpc) is 2.59. The van der Waals surface area contributed by atoms with Gasteiger partial charge >= 0.3 is 6.03 Å².